The van der Waals surface area contributed by atoms with Crippen LogP contribution in [0.15, 0.2) is 0 Å². The summed E-state index contributed by atoms with van der Waals surface area (Å²) >= 11 is 0. The molecule has 0 aliphatic carbocycles. The van der Waals surface area contributed by atoms with Crippen LogP contribution in [0, 0.1) is 5.92 Å². The molecule has 0 fully saturated rings. The van der Waals surface area contributed by atoms with Crippen molar-refractivity contribution in [1.29, 1.82) is 0 Å². The van der Waals surface area contributed by atoms with Gasteiger partial charge in [0.25, 0.3) is 0 Å². The minimum Gasteiger partial charge on any atom is -0.383 e. The lowest BCUT2D eigenvalue weighted by Gasteiger charge is -2.29. The Kier molecular flexibility index (Phi) is 8.90. The van der Waals surface area contributed by atoms with Gasteiger partial charge in [-0.3, -0.25) is 4.90 Å². The Morgan fingerprint density at radius 1 is 1.12 bits per heavy atom. The van der Waals surface area contributed by atoms with E-state index in [0.29, 0.717) is 18.0 Å². The summed E-state index contributed by atoms with van der Waals surface area (Å²) in [5.41, 5.74) is 0. The van der Waals surface area contributed by atoms with Crippen LogP contribution in [0.3, 0.4) is 0 Å². The first kappa shape index (κ1) is 15.9. The molecule has 0 saturated heterocycles. The molecule has 0 bridgehead atoms. The van der Waals surface area contributed by atoms with E-state index in [1.807, 2.05) is 0 Å². The van der Waals surface area contributed by atoms with Crippen LogP contribution < -0.4 is 5.32 Å². The van der Waals surface area contributed by atoms with E-state index >= 15 is 0 Å². The number of nitrogens with one attached hydrogen (secondary N) is 1. The summed E-state index contributed by atoms with van der Waals surface area (Å²) in [5.74, 6) is 0.682. The molecule has 0 spiro atoms. The van der Waals surface area contributed by atoms with Crippen LogP contribution in [0.1, 0.15) is 34.6 Å². The van der Waals surface area contributed by atoms with Crippen molar-refractivity contribution in [1.82, 2.24) is 10.2 Å². The van der Waals surface area contributed by atoms with Crippen molar-refractivity contribution < 1.29 is 4.74 Å². The van der Waals surface area contributed by atoms with E-state index in [9.17, 15) is 0 Å². The molecule has 0 saturated carbocycles. The maximum atomic E-state index is 5.14. The van der Waals surface area contributed by atoms with Gasteiger partial charge in [0.2, 0.25) is 0 Å². The molecular formula is C13H30N2O. The first-order valence-corrected chi connectivity index (χ1v) is 6.43. The summed E-state index contributed by atoms with van der Waals surface area (Å²) in [6.45, 7) is 15.3. The van der Waals surface area contributed by atoms with Crippen molar-refractivity contribution in [2.24, 2.45) is 5.92 Å². The molecule has 0 aromatic rings. The van der Waals surface area contributed by atoms with Gasteiger partial charge in [-0.2, -0.15) is 0 Å². The molecule has 1 N–H and O–H groups in total. The van der Waals surface area contributed by atoms with Gasteiger partial charge in [-0.15, -0.1) is 0 Å². The van der Waals surface area contributed by atoms with Crippen LogP contribution in [0.2, 0.25) is 0 Å². The van der Waals surface area contributed by atoms with E-state index in [4.69, 9.17) is 4.74 Å². The fraction of sp³-hybridized carbons (Fsp3) is 1.00. The summed E-state index contributed by atoms with van der Waals surface area (Å²) < 4.78 is 5.14. The third-order valence-electron chi connectivity index (χ3n) is 2.73. The molecule has 1 atom stereocenters. The molecule has 16 heavy (non-hydrogen) atoms. The number of rotatable bonds is 9. The lowest BCUT2D eigenvalue weighted by molar-refractivity contribution is 0.118. The summed E-state index contributed by atoms with van der Waals surface area (Å²) in [7, 11) is 1.77. The van der Waals surface area contributed by atoms with Gasteiger partial charge in [0.05, 0.1) is 6.61 Å². The maximum absolute atomic E-state index is 5.14. The lowest BCUT2D eigenvalue weighted by Crippen LogP contribution is -2.40. The minimum absolute atomic E-state index is 0.578. The van der Waals surface area contributed by atoms with Crippen LogP contribution in [0.5, 0.6) is 0 Å². The van der Waals surface area contributed by atoms with Crippen molar-refractivity contribution >= 4 is 0 Å². The second-order valence-electron chi connectivity index (χ2n) is 5.25. The van der Waals surface area contributed by atoms with E-state index in [-0.39, 0.29) is 0 Å². The van der Waals surface area contributed by atoms with Crippen LogP contribution in [0.4, 0.5) is 0 Å². The van der Waals surface area contributed by atoms with Crippen molar-refractivity contribution in [2.75, 3.05) is 33.4 Å². The molecule has 98 valence electrons. The quantitative estimate of drug-likeness (QED) is 0.655. The monoisotopic (exact) mass is 230 g/mol. The smallest absolute Gasteiger partial charge is 0.0589 e. The molecule has 0 aromatic heterocycles. The molecule has 1 unspecified atom stereocenters. The Labute approximate surface area is 102 Å². The van der Waals surface area contributed by atoms with Gasteiger partial charge in [-0.05, 0) is 26.3 Å². The van der Waals surface area contributed by atoms with Crippen molar-refractivity contribution in [3.63, 3.8) is 0 Å². The SMILES string of the molecule is COCCN(CC(C)CNC(C)C)C(C)C. The molecule has 3 nitrogen and oxygen atoms in total. The Balaban J connectivity index is 3.88. The molecule has 0 aromatic carbocycles. The molecule has 0 aliphatic heterocycles. The number of hydrogen-bond donors (Lipinski definition) is 1. The molecule has 0 heterocycles. The Hall–Kier alpha value is -0.120. The van der Waals surface area contributed by atoms with Gasteiger partial charge in [-0.1, -0.05) is 20.8 Å². The number of hydrogen-bond acceptors (Lipinski definition) is 3. The third-order valence-corrected chi connectivity index (χ3v) is 2.73. The highest BCUT2D eigenvalue weighted by Crippen LogP contribution is 2.04. The second kappa shape index (κ2) is 8.97. The number of ether oxygens (including phenoxy) is 1. The molecule has 3 heteroatoms. The Bertz CT molecular complexity index is 160. The summed E-state index contributed by atoms with van der Waals surface area (Å²) in [4.78, 5) is 2.48. The van der Waals surface area contributed by atoms with Crippen molar-refractivity contribution in [2.45, 2.75) is 46.7 Å². The van der Waals surface area contributed by atoms with Gasteiger partial charge in [-0.25, -0.2) is 0 Å². The van der Waals surface area contributed by atoms with Crippen molar-refractivity contribution in [3.8, 4) is 0 Å². The highest BCUT2D eigenvalue weighted by atomic mass is 16.5. The maximum Gasteiger partial charge on any atom is 0.0589 e. The number of nitrogens with zero attached hydrogens (tertiary/aromatic N) is 1. The highest BCUT2D eigenvalue weighted by Gasteiger charge is 2.13. The molecule has 0 rings (SSSR count). The Morgan fingerprint density at radius 3 is 2.19 bits per heavy atom. The standard InChI is InChI=1S/C13H30N2O/c1-11(2)14-9-13(5)10-15(12(3)4)7-8-16-6/h11-14H,7-10H2,1-6H3. The van der Waals surface area contributed by atoms with E-state index in [1.54, 1.807) is 7.11 Å². The second-order valence-corrected chi connectivity index (χ2v) is 5.25. The van der Waals surface area contributed by atoms with E-state index in [2.05, 4.69) is 44.8 Å². The first-order chi connectivity index (χ1) is 7.47. The van der Waals surface area contributed by atoms with Crippen LogP contribution in [-0.2, 0) is 4.74 Å². The fourth-order valence-electron chi connectivity index (χ4n) is 1.67. The van der Waals surface area contributed by atoms with Crippen LogP contribution >= 0.6 is 0 Å². The topological polar surface area (TPSA) is 24.5 Å². The highest BCUT2D eigenvalue weighted by molar-refractivity contribution is 4.69. The average Bonchev–Trinajstić information content (AvgIpc) is 2.20. The summed E-state index contributed by atoms with van der Waals surface area (Å²) in [6.07, 6.45) is 0. The Morgan fingerprint density at radius 2 is 1.75 bits per heavy atom. The van der Waals surface area contributed by atoms with Crippen LogP contribution in [-0.4, -0.2) is 50.3 Å². The fourth-order valence-corrected chi connectivity index (χ4v) is 1.67. The zero-order valence-electron chi connectivity index (χ0n) is 11.9. The normalized spacial score (nSPS) is 14.1. The zero-order chi connectivity index (χ0) is 12.6. The van der Waals surface area contributed by atoms with Crippen LogP contribution in [0.25, 0.3) is 0 Å². The summed E-state index contributed by atoms with van der Waals surface area (Å²) in [5, 5.41) is 3.49. The summed E-state index contributed by atoms with van der Waals surface area (Å²) in [6, 6.07) is 1.17. The van der Waals surface area contributed by atoms with Gasteiger partial charge < -0.3 is 10.1 Å². The van der Waals surface area contributed by atoms with E-state index < -0.39 is 0 Å². The third kappa shape index (κ3) is 8.08. The zero-order valence-corrected chi connectivity index (χ0v) is 11.9. The van der Waals surface area contributed by atoms with Gasteiger partial charge in [0.1, 0.15) is 0 Å². The predicted octanol–water partition coefficient (Wildman–Crippen LogP) is 1.98. The first-order valence-electron chi connectivity index (χ1n) is 6.43. The van der Waals surface area contributed by atoms with Gasteiger partial charge in [0, 0.05) is 32.3 Å². The lowest BCUT2D eigenvalue weighted by atomic mass is 10.1. The predicted molar refractivity (Wildman–Crippen MR) is 70.9 cm³/mol. The average molecular weight is 230 g/mol. The van der Waals surface area contributed by atoms with Gasteiger partial charge in [0.15, 0.2) is 0 Å². The van der Waals surface area contributed by atoms with Crippen molar-refractivity contribution in [3.05, 3.63) is 0 Å². The number of methoxy groups -OCH3 is 1. The molecule has 0 aliphatic rings. The van der Waals surface area contributed by atoms with E-state index in [0.717, 1.165) is 26.2 Å². The molecule has 0 amide bonds. The molecule has 0 radical (unpaired) electrons. The largest absolute Gasteiger partial charge is 0.383 e. The molecular weight excluding hydrogens is 200 g/mol. The van der Waals surface area contributed by atoms with E-state index in [1.165, 1.54) is 0 Å². The minimum atomic E-state index is 0.578. The van der Waals surface area contributed by atoms with Gasteiger partial charge >= 0.3 is 0 Å².